The van der Waals surface area contributed by atoms with Crippen LogP contribution in [0.2, 0.25) is 0 Å². The van der Waals surface area contributed by atoms with Crippen LogP contribution in [-0.2, 0) is 30.5 Å². The van der Waals surface area contributed by atoms with Crippen molar-refractivity contribution in [3.05, 3.63) is 16.7 Å². The van der Waals surface area contributed by atoms with Gasteiger partial charge < -0.3 is 25.7 Å². The summed E-state index contributed by atoms with van der Waals surface area (Å²) in [5.74, 6) is -1.46. The highest BCUT2D eigenvalue weighted by atomic mass is 16.7. The summed E-state index contributed by atoms with van der Waals surface area (Å²) in [6.07, 6.45) is 0.139. The normalized spacial score (nSPS) is 13.5. The number of carbonyl (C=O) groups excluding carboxylic acids is 2. The summed E-state index contributed by atoms with van der Waals surface area (Å²) in [5.41, 5.74) is 11.0. The molecule has 0 aliphatic heterocycles. The van der Waals surface area contributed by atoms with Crippen LogP contribution in [0.5, 0.6) is 0 Å². The molecular formula is C15H22N6O6. The third-order valence-electron chi connectivity index (χ3n) is 3.54. The SMILES string of the molecule is CC(=O)OC(COC(=O)[C@@H](N)C(C)C)OCn1cnc2c(=O)[nH]c(N)nc21. The van der Waals surface area contributed by atoms with Crippen LogP contribution in [-0.4, -0.2) is 50.4 Å². The Morgan fingerprint density at radius 2 is 2.07 bits per heavy atom. The molecule has 0 aliphatic carbocycles. The highest BCUT2D eigenvalue weighted by molar-refractivity contribution is 5.75. The van der Waals surface area contributed by atoms with E-state index < -0.39 is 29.8 Å². The van der Waals surface area contributed by atoms with Gasteiger partial charge in [-0.05, 0) is 5.92 Å². The third-order valence-corrected chi connectivity index (χ3v) is 3.54. The first-order valence-electron chi connectivity index (χ1n) is 8.10. The average Bonchev–Trinajstić information content (AvgIpc) is 2.98. The van der Waals surface area contributed by atoms with Crippen LogP contribution >= 0.6 is 0 Å². The number of hydrogen-bond acceptors (Lipinski definition) is 10. The molecule has 0 amide bonds. The molecule has 2 rings (SSSR count). The number of ether oxygens (including phenoxy) is 3. The average molecular weight is 382 g/mol. The van der Waals surface area contributed by atoms with E-state index in [0.29, 0.717) is 0 Å². The van der Waals surface area contributed by atoms with E-state index in [0.717, 1.165) is 0 Å². The van der Waals surface area contributed by atoms with Crippen molar-refractivity contribution in [1.82, 2.24) is 19.5 Å². The van der Waals surface area contributed by atoms with Crippen molar-refractivity contribution >= 4 is 29.1 Å². The van der Waals surface area contributed by atoms with Crippen molar-refractivity contribution in [3.8, 4) is 0 Å². The Labute approximate surface area is 153 Å². The van der Waals surface area contributed by atoms with Gasteiger partial charge in [-0.2, -0.15) is 4.98 Å². The molecule has 1 unspecified atom stereocenters. The Morgan fingerprint density at radius 3 is 2.70 bits per heavy atom. The van der Waals surface area contributed by atoms with Crippen molar-refractivity contribution < 1.29 is 23.8 Å². The van der Waals surface area contributed by atoms with Gasteiger partial charge in [-0.3, -0.25) is 23.9 Å². The number of aromatic nitrogens is 4. The molecule has 2 aromatic rings. The van der Waals surface area contributed by atoms with Gasteiger partial charge in [0, 0.05) is 6.92 Å². The number of aromatic amines is 1. The predicted molar refractivity (Wildman–Crippen MR) is 93.0 cm³/mol. The fourth-order valence-corrected chi connectivity index (χ4v) is 2.05. The molecule has 0 saturated carbocycles. The fraction of sp³-hybridized carbons (Fsp3) is 0.533. The number of nitrogens with two attached hydrogens (primary N) is 2. The summed E-state index contributed by atoms with van der Waals surface area (Å²) in [4.78, 5) is 45.1. The highest BCUT2D eigenvalue weighted by Crippen LogP contribution is 2.09. The van der Waals surface area contributed by atoms with Gasteiger partial charge in [0.2, 0.25) is 12.2 Å². The summed E-state index contributed by atoms with van der Waals surface area (Å²) in [6, 6.07) is -0.806. The summed E-state index contributed by atoms with van der Waals surface area (Å²) < 4.78 is 16.8. The van der Waals surface area contributed by atoms with Gasteiger partial charge in [-0.15, -0.1) is 0 Å². The zero-order valence-electron chi connectivity index (χ0n) is 15.2. The van der Waals surface area contributed by atoms with Crippen LogP contribution in [0, 0.1) is 5.92 Å². The molecule has 2 atom stereocenters. The smallest absolute Gasteiger partial charge is 0.323 e. The van der Waals surface area contributed by atoms with Gasteiger partial charge in [0.1, 0.15) is 12.8 Å². The van der Waals surface area contributed by atoms with E-state index in [2.05, 4.69) is 15.0 Å². The van der Waals surface area contributed by atoms with Crippen molar-refractivity contribution in [1.29, 1.82) is 0 Å². The second-order valence-electron chi connectivity index (χ2n) is 6.07. The molecular weight excluding hydrogens is 360 g/mol. The maximum atomic E-state index is 11.8. The van der Waals surface area contributed by atoms with Crippen LogP contribution in [0.25, 0.3) is 11.2 Å². The van der Waals surface area contributed by atoms with Gasteiger partial charge in [-0.1, -0.05) is 13.8 Å². The molecule has 148 valence electrons. The zero-order chi connectivity index (χ0) is 20.1. The number of rotatable bonds is 8. The first-order valence-corrected chi connectivity index (χ1v) is 8.10. The van der Waals surface area contributed by atoms with Gasteiger partial charge in [0.15, 0.2) is 17.8 Å². The quantitative estimate of drug-likeness (QED) is 0.382. The molecule has 2 aromatic heterocycles. The van der Waals surface area contributed by atoms with E-state index in [-0.39, 0.29) is 36.4 Å². The van der Waals surface area contributed by atoms with Crippen LogP contribution < -0.4 is 17.0 Å². The predicted octanol–water partition coefficient (Wildman–Crippen LogP) is -0.908. The zero-order valence-corrected chi connectivity index (χ0v) is 15.2. The lowest BCUT2D eigenvalue weighted by atomic mass is 10.1. The van der Waals surface area contributed by atoms with Crippen molar-refractivity contribution in [2.75, 3.05) is 12.3 Å². The maximum Gasteiger partial charge on any atom is 0.323 e. The summed E-state index contributed by atoms with van der Waals surface area (Å²) in [6.45, 7) is 4.21. The second-order valence-corrected chi connectivity index (χ2v) is 6.07. The standard InChI is InChI=1S/C15H22N6O6/c1-7(2)10(16)14(24)25-4-9(27-8(3)22)26-6-21-5-18-11-12(21)19-15(17)20-13(11)23/h5,7,9-10H,4,6,16H2,1-3H3,(H3,17,19,20,23)/t9?,10-/m0/s1. The maximum absolute atomic E-state index is 11.8. The molecule has 0 aliphatic rings. The number of hydrogen-bond donors (Lipinski definition) is 3. The molecule has 0 radical (unpaired) electrons. The first-order chi connectivity index (χ1) is 12.7. The topological polar surface area (TPSA) is 177 Å². The molecule has 0 fully saturated rings. The van der Waals surface area contributed by atoms with Crippen LogP contribution in [0.3, 0.4) is 0 Å². The fourth-order valence-electron chi connectivity index (χ4n) is 2.05. The molecule has 0 saturated heterocycles. The summed E-state index contributed by atoms with van der Waals surface area (Å²) in [5, 5.41) is 0. The van der Waals surface area contributed by atoms with Crippen molar-refractivity contribution in [3.63, 3.8) is 0 Å². The molecule has 27 heavy (non-hydrogen) atoms. The molecule has 0 spiro atoms. The van der Waals surface area contributed by atoms with Gasteiger partial charge in [0.05, 0.1) is 6.33 Å². The summed E-state index contributed by atoms with van der Waals surface area (Å²) in [7, 11) is 0. The Morgan fingerprint density at radius 1 is 1.37 bits per heavy atom. The van der Waals surface area contributed by atoms with Crippen LogP contribution in [0.15, 0.2) is 11.1 Å². The minimum absolute atomic E-state index is 0.0752. The minimum atomic E-state index is -1.18. The van der Waals surface area contributed by atoms with Gasteiger partial charge in [-0.25, -0.2) is 4.98 Å². The lowest BCUT2D eigenvalue weighted by molar-refractivity contribution is -0.201. The summed E-state index contributed by atoms with van der Waals surface area (Å²) >= 11 is 0. The van der Waals surface area contributed by atoms with E-state index in [1.807, 2.05) is 0 Å². The minimum Gasteiger partial charge on any atom is -0.458 e. The number of carbonyl (C=O) groups is 2. The van der Waals surface area contributed by atoms with Crippen LogP contribution in [0.1, 0.15) is 20.8 Å². The van der Waals surface area contributed by atoms with Gasteiger partial charge in [0.25, 0.3) is 5.56 Å². The number of nitrogens with zero attached hydrogens (tertiary/aromatic N) is 3. The third kappa shape index (κ3) is 5.24. The van der Waals surface area contributed by atoms with Crippen molar-refractivity contribution in [2.45, 2.75) is 39.8 Å². The number of esters is 2. The number of imidazole rings is 1. The lowest BCUT2D eigenvalue weighted by Gasteiger charge is -2.20. The van der Waals surface area contributed by atoms with E-state index >= 15 is 0 Å². The Bertz CT molecular complexity index is 875. The number of H-pyrrole nitrogens is 1. The Balaban J connectivity index is 2.05. The number of nitrogen functional groups attached to an aromatic ring is 1. The van der Waals surface area contributed by atoms with Crippen LogP contribution in [0.4, 0.5) is 5.95 Å². The molecule has 12 nitrogen and oxygen atoms in total. The molecule has 12 heteroatoms. The highest BCUT2D eigenvalue weighted by Gasteiger charge is 2.22. The van der Waals surface area contributed by atoms with Gasteiger partial charge >= 0.3 is 11.9 Å². The largest absolute Gasteiger partial charge is 0.458 e. The van der Waals surface area contributed by atoms with E-state index in [1.54, 1.807) is 13.8 Å². The molecule has 0 bridgehead atoms. The van der Waals surface area contributed by atoms with E-state index in [1.165, 1.54) is 17.8 Å². The van der Waals surface area contributed by atoms with Crippen molar-refractivity contribution in [2.24, 2.45) is 11.7 Å². The Hall–Kier alpha value is -2.99. The number of fused-ring (bicyclic) bond motifs is 1. The van der Waals surface area contributed by atoms with E-state index in [9.17, 15) is 14.4 Å². The first kappa shape index (κ1) is 20.3. The Kier molecular flexibility index (Phi) is 6.47. The monoisotopic (exact) mass is 382 g/mol. The lowest BCUT2D eigenvalue weighted by Crippen LogP contribution is -2.39. The number of anilines is 1. The molecule has 2 heterocycles. The molecule has 0 aromatic carbocycles. The van der Waals surface area contributed by atoms with E-state index in [4.69, 9.17) is 25.7 Å². The second kappa shape index (κ2) is 8.60. The molecule has 5 N–H and O–H groups in total. The number of nitrogens with one attached hydrogen (secondary N) is 1.